The third kappa shape index (κ3) is 5.93. The van der Waals surface area contributed by atoms with Gasteiger partial charge in [0.05, 0.1) is 11.4 Å². The van der Waals surface area contributed by atoms with Crippen molar-refractivity contribution in [2.24, 2.45) is 0 Å². The van der Waals surface area contributed by atoms with Crippen LogP contribution in [0.15, 0.2) is 97.2 Å². The molecule has 4 rings (SSSR count). The van der Waals surface area contributed by atoms with E-state index in [0.717, 1.165) is 22.6 Å². The molecule has 0 N–H and O–H groups in total. The molecule has 4 heteroatoms. The summed E-state index contributed by atoms with van der Waals surface area (Å²) >= 11 is 2.90. The Labute approximate surface area is 172 Å². The van der Waals surface area contributed by atoms with Crippen molar-refractivity contribution in [2.45, 2.75) is 0 Å². The van der Waals surface area contributed by atoms with E-state index in [1.165, 1.54) is 4.46 Å². The van der Waals surface area contributed by atoms with Gasteiger partial charge in [-0.25, -0.2) is 0 Å². The van der Waals surface area contributed by atoms with Gasteiger partial charge in [-0.1, -0.05) is 18.2 Å². The molecule has 4 aromatic rings. The van der Waals surface area contributed by atoms with E-state index in [4.69, 9.17) is 0 Å². The fraction of sp³-hybridized carbons (Fsp3) is 0. The number of benzene rings is 2. The summed E-state index contributed by atoms with van der Waals surface area (Å²) in [4.78, 5) is 8.93. The monoisotopic (exact) mass is 446 g/mol. The van der Waals surface area contributed by atoms with Crippen molar-refractivity contribution in [2.75, 3.05) is 0 Å². The second-order valence-corrected chi connectivity index (χ2v) is 6.20. The molecule has 0 bridgehead atoms. The Morgan fingerprint density at radius 1 is 0.654 bits per heavy atom. The van der Waals surface area contributed by atoms with Crippen molar-refractivity contribution >= 4 is 20.5 Å². The van der Waals surface area contributed by atoms with E-state index < -0.39 is 0 Å². The van der Waals surface area contributed by atoms with Gasteiger partial charge in [-0.2, -0.15) is 0 Å². The zero-order chi connectivity index (χ0) is 17.3. The molecule has 2 aromatic carbocycles. The minimum Gasteiger partial charge on any atom is -0.295 e. The first-order valence-corrected chi connectivity index (χ1v) is 8.76. The van der Waals surface area contributed by atoms with Gasteiger partial charge in [0.1, 0.15) is 0 Å². The summed E-state index contributed by atoms with van der Waals surface area (Å²) in [5.74, 6) is 0. The number of nitrogens with zero attached hydrogens (tertiary/aromatic N) is 2. The molecular weight excluding hydrogens is 430 g/mol. The van der Waals surface area contributed by atoms with Crippen molar-refractivity contribution in [3.63, 3.8) is 0 Å². The van der Waals surface area contributed by atoms with Crippen molar-refractivity contribution in [1.29, 1.82) is 0 Å². The summed E-state index contributed by atoms with van der Waals surface area (Å²) in [5.41, 5.74) is 3.68. The maximum absolute atomic E-state index is 4.62. The zero-order valence-corrected chi connectivity index (χ0v) is 16.6. The average molecular weight is 446 g/mol. The van der Waals surface area contributed by atoms with E-state index in [0.29, 0.717) is 0 Å². The molecule has 2 aromatic heterocycles. The van der Waals surface area contributed by atoms with Crippen LogP contribution in [0.4, 0.5) is 0 Å². The van der Waals surface area contributed by atoms with Crippen LogP contribution in [-0.2, 0) is 16.5 Å². The predicted octanol–water partition coefficient (Wildman–Crippen LogP) is 4.09. The van der Waals surface area contributed by atoms with Gasteiger partial charge >= 0.3 is 50.8 Å². The maximum atomic E-state index is 4.62. The molecule has 0 unspecified atom stereocenters. The number of rotatable bonds is 2. The fourth-order valence-corrected chi connectivity index (χ4v) is 2.54. The molecule has 0 aliphatic rings. The van der Waals surface area contributed by atoms with Crippen molar-refractivity contribution < 1.29 is 16.5 Å². The number of hydrogen-bond donors (Lipinski definition) is 0. The summed E-state index contributed by atoms with van der Waals surface area (Å²) in [6.07, 6.45) is 1.78. The molecule has 0 atom stereocenters. The normalized spacial score (nSPS) is 9.38. The average Bonchev–Trinajstić information content (AvgIpc) is 2.71. The molecule has 0 saturated heterocycles. The zero-order valence-electron chi connectivity index (χ0n) is 13.9. The smallest absolute Gasteiger partial charge is 0.0876 e. The van der Waals surface area contributed by atoms with Crippen LogP contribution >= 0.6 is 0 Å². The summed E-state index contributed by atoms with van der Waals surface area (Å²) in [6.45, 7) is 0. The molecule has 0 spiro atoms. The molecule has 0 saturated carbocycles. The molecule has 2 nitrogen and oxygen atoms in total. The van der Waals surface area contributed by atoms with Gasteiger partial charge in [0.2, 0.25) is 0 Å². The van der Waals surface area contributed by atoms with E-state index in [-0.39, 0.29) is 16.5 Å². The summed E-state index contributed by atoms with van der Waals surface area (Å²) < 4.78 is 1.20. The Balaban J connectivity index is 0.000000258. The first-order chi connectivity index (χ1) is 12.3. The predicted molar refractivity (Wildman–Crippen MR) is 104 cm³/mol. The Kier molecular flexibility index (Phi) is 8.24. The van der Waals surface area contributed by atoms with Crippen LogP contribution in [-0.4, -0.2) is 26.0 Å². The molecule has 131 valence electrons. The molecule has 26 heavy (non-hydrogen) atoms. The number of pyridine rings is 2. The topological polar surface area (TPSA) is 25.8 Å². The van der Waals surface area contributed by atoms with E-state index in [1.807, 2.05) is 91.0 Å². The van der Waals surface area contributed by atoms with E-state index in [9.17, 15) is 0 Å². The van der Waals surface area contributed by atoms with Crippen LogP contribution in [0.3, 0.4) is 0 Å². The van der Waals surface area contributed by atoms with E-state index >= 15 is 0 Å². The SMILES string of the molecule is [Ni].[Se]c1ccccc1.[c-]1ccccc1-c1cccc(-c2ccccn2)n1. The van der Waals surface area contributed by atoms with Gasteiger partial charge in [0, 0.05) is 22.7 Å². The fourth-order valence-electron chi connectivity index (χ4n) is 2.21. The third-order valence-corrected chi connectivity index (χ3v) is 3.98. The Morgan fingerprint density at radius 3 is 1.96 bits per heavy atom. The molecule has 0 amide bonds. The quantitative estimate of drug-likeness (QED) is 0.343. The summed E-state index contributed by atoms with van der Waals surface area (Å²) in [6, 6.07) is 32.9. The molecule has 0 fully saturated rings. The van der Waals surface area contributed by atoms with Gasteiger partial charge in [-0.05, 0) is 23.9 Å². The van der Waals surface area contributed by atoms with Crippen LogP contribution in [0, 0.1) is 6.07 Å². The largest absolute Gasteiger partial charge is 0.295 e. The molecule has 0 aliphatic carbocycles. The minimum atomic E-state index is 0. The Bertz CT molecular complexity index is 846. The van der Waals surface area contributed by atoms with Gasteiger partial charge in [-0.3, -0.25) is 9.97 Å². The molecule has 2 heterocycles. The standard InChI is InChI=1S/C16H11N2.C6H5Se.Ni/c1-2-7-13(8-3-1)14-10-6-11-16(18-14)15-9-4-5-12-17-15;7-6-4-2-1-3-5-6;/h1-7,9-12H;1-5H;/q-1;;. The van der Waals surface area contributed by atoms with E-state index in [2.05, 4.69) is 32.0 Å². The summed E-state index contributed by atoms with van der Waals surface area (Å²) in [5, 5.41) is 0. The maximum Gasteiger partial charge on any atom is 0.0876 e. The van der Waals surface area contributed by atoms with Crippen LogP contribution in [0.2, 0.25) is 0 Å². The van der Waals surface area contributed by atoms with E-state index in [1.54, 1.807) is 6.20 Å². The molecule has 1 radical (unpaired) electrons. The van der Waals surface area contributed by atoms with Crippen LogP contribution in [0.1, 0.15) is 0 Å². The minimum absolute atomic E-state index is 0. The Hall–Kier alpha value is -2.25. The van der Waals surface area contributed by atoms with Gasteiger partial charge in [0.25, 0.3) is 0 Å². The van der Waals surface area contributed by atoms with Crippen molar-refractivity contribution in [3.8, 4) is 22.6 Å². The first-order valence-electron chi connectivity index (χ1n) is 7.90. The first kappa shape index (κ1) is 20.1. The van der Waals surface area contributed by atoms with Gasteiger partial charge in [-0.15, -0.1) is 35.9 Å². The number of aromatic nitrogens is 2. The second kappa shape index (κ2) is 10.7. The van der Waals surface area contributed by atoms with Gasteiger partial charge in [0.15, 0.2) is 0 Å². The summed E-state index contributed by atoms with van der Waals surface area (Å²) in [7, 11) is 0. The Morgan fingerprint density at radius 2 is 1.35 bits per heavy atom. The van der Waals surface area contributed by atoms with Crippen LogP contribution in [0.5, 0.6) is 0 Å². The van der Waals surface area contributed by atoms with Crippen molar-refractivity contribution in [1.82, 2.24) is 9.97 Å². The second-order valence-electron chi connectivity index (χ2n) is 5.21. The third-order valence-electron chi connectivity index (χ3n) is 3.40. The van der Waals surface area contributed by atoms with Crippen LogP contribution in [0.25, 0.3) is 22.6 Å². The molecule has 0 aliphatic heterocycles. The van der Waals surface area contributed by atoms with Crippen molar-refractivity contribution in [3.05, 3.63) is 103 Å². The number of hydrogen-bond acceptors (Lipinski definition) is 2. The van der Waals surface area contributed by atoms with Gasteiger partial charge < -0.3 is 0 Å². The van der Waals surface area contributed by atoms with Crippen LogP contribution < -0.4 is 4.46 Å². The molecular formula is C22H16N2NiSe-.